The molecule has 3 saturated heterocycles. The molecule has 250 valence electrons. The molecule has 0 spiro atoms. The van der Waals surface area contributed by atoms with Gasteiger partial charge in [-0.2, -0.15) is 0 Å². The van der Waals surface area contributed by atoms with E-state index in [-0.39, 0.29) is 30.3 Å². The van der Waals surface area contributed by atoms with Gasteiger partial charge in [-0.3, -0.25) is 24.0 Å². The number of aliphatic hydroxyl groups excluding tert-OH is 1. The standard InChI is InChI=1S/C9H11NO3.3C5H9NO2.C3H7NO3/c10-8(9(12)13)5-6-1-3-7(11)4-2-6;3*7-5(8)4-2-1-3-6-4;4-2(1-5)3(6)7/h1-4,8,11H,5,10H2,(H,12,13);3*4,6H,1-3H2,(H,7,8);2,5H,1,4H2,(H,6,7)/t8-;3*4-;2-/m00000/s1. The van der Waals surface area contributed by atoms with Crippen molar-refractivity contribution in [3.63, 3.8) is 0 Å². The highest BCUT2D eigenvalue weighted by Gasteiger charge is 2.21. The summed E-state index contributed by atoms with van der Waals surface area (Å²) in [5.74, 6) is -4.20. The number of carboxylic acids is 5. The highest BCUT2D eigenvalue weighted by Crippen LogP contribution is 2.10. The van der Waals surface area contributed by atoms with E-state index in [1.807, 2.05) is 0 Å². The van der Waals surface area contributed by atoms with Gasteiger partial charge in [0.05, 0.1) is 6.61 Å². The van der Waals surface area contributed by atoms with E-state index in [0.717, 1.165) is 63.7 Å². The van der Waals surface area contributed by atoms with E-state index >= 15 is 0 Å². The van der Waals surface area contributed by atoms with Gasteiger partial charge in [0, 0.05) is 0 Å². The Kier molecular flexibility index (Phi) is 20.6. The van der Waals surface area contributed by atoms with Crippen LogP contribution in [0.25, 0.3) is 0 Å². The number of hydrogen-bond acceptors (Lipinski definition) is 12. The first-order chi connectivity index (χ1) is 20.7. The van der Waals surface area contributed by atoms with Crippen molar-refractivity contribution in [1.82, 2.24) is 16.0 Å². The Bertz CT molecular complexity index is 947. The lowest BCUT2D eigenvalue weighted by atomic mass is 10.1. The van der Waals surface area contributed by atoms with Crippen LogP contribution in [0.2, 0.25) is 0 Å². The molecular formula is C27H45N5O12. The Hall–Kier alpha value is -3.87. The smallest absolute Gasteiger partial charge is 0.322 e. The number of aromatic hydroxyl groups is 1. The molecule has 0 amide bonds. The van der Waals surface area contributed by atoms with E-state index in [1.165, 1.54) is 12.1 Å². The zero-order chi connectivity index (χ0) is 33.7. The van der Waals surface area contributed by atoms with Crippen LogP contribution in [-0.4, -0.2) is 122 Å². The molecule has 0 aromatic heterocycles. The Morgan fingerprint density at radius 2 is 1.00 bits per heavy atom. The van der Waals surface area contributed by atoms with Gasteiger partial charge >= 0.3 is 29.8 Å². The zero-order valence-corrected chi connectivity index (χ0v) is 24.3. The second kappa shape index (κ2) is 22.6. The van der Waals surface area contributed by atoms with Crippen LogP contribution in [0.5, 0.6) is 5.75 Å². The molecule has 17 heteroatoms. The Balaban J connectivity index is 0.000000537. The second-order valence-electron chi connectivity index (χ2n) is 9.90. The third kappa shape index (κ3) is 18.6. The molecule has 14 N–H and O–H groups in total. The fraction of sp³-hybridized carbons (Fsp3) is 0.593. The number of aliphatic hydroxyl groups is 1. The average molecular weight is 632 g/mol. The summed E-state index contributed by atoms with van der Waals surface area (Å²) in [5.41, 5.74) is 10.9. The molecule has 4 rings (SSSR count). The topological polar surface area (TPSA) is 315 Å². The molecule has 44 heavy (non-hydrogen) atoms. The lowest BCUT2D eigenvalue weighted by molar-refractivity contribution is -0.140. The van der Waals surface area contributed by atoms with Crippen LogP contribution in [0.4, 0.5) is 0 Å². The number of hydrogen-bond donors (Lipinski definition) is 12. The summed E-state index contributed by atoms with van der Waals surface area (Å²) in [6.45, 7) is 2.07. The molecule has 3 aliphatic heterocycles. The average Bonchev–Trinajstić information content (AvgIpc) is 3.79. The molecule has 1 aromatic rings. The number of nitrogens with two attached hydrogens (primary N) is 2. The van der Waals surface area contributed by atoms with Gasteiger partial charge in [0.25, 0.3) is 0 Å². The minimum atomic E-state index is -1.18. The van der Waals surface area contributed by atoms with Crippen molar-refractivity contribution in [2.45, 2.75) is 75.2 Å². The van der Waals surface area contributed by atoms with Crippen molar-refractivity contribution in [2.24, 2.45) is 11.5 Å². The van der Waals surface area contributed by atoms with Crippen LogP contribution in [0.1, 0.15) is 44.1 Å². The zero-order valence-electron chi connectivity index (χ0n) is 24.3. The molecule has 3 aliphatic rings. The second-order valence-corrected chi connectivity index (χ2v) is 9.90. The predicted octanol–water partition coefficient (Wildman–Crippen LogP) is -1.79. The molecule has 5 atom stereocenters. The largest absolute Gasteiger partial charge is 0.508 e. The summed E-state index contributed by atoms with van der Waals surface area (Å²) in [6.07, 6.45) is 5.63. The first-order valence-corrected chi connectivity index (χ1v) is 13.9. The number of carbonyl (C=O) groups is 5. The minimum absolute atomic E-state index is 0.160. The summed E-state index contributed by atoms with van der Waals surface area (Å²) >= 11 is 0. The van der Waals surface area contributed by atoms with Crippen LogP contribution in [0, 0.1) is 0 Å². The first kappa shape index (κ1) is 40.1. The first-order valence-electron chi connectivity index (χ1n) is 13.9. The molecule has 1 aromatic carbocycles. The number of nitrogens with one attached hydrogen (secondary N) is 3. The van der Waals surface area contributed by atoms with Crippen LogP contribution in [0.3, 0.4) is 0 Å². The SMILES string of the molecule is N[C@@H](CO)C(=O)O.N[C@@H](Cc1ccc(O)cc1)C(=O)O.O=C(O)[C@@H]1CCCN1.O=C(O)[C@@H]1CCCN1.O=C(O)[C@@H]1CCCN1. The fourth-order valence-corrected chi connectivity index (χ4v) is 3.74. The van der Waals surface area contributed by atoms with Crippen molar-refractivity contribution >= 4 is 29.8 Å². The number of rotatable bonds is 8. The highest BCUT2D eigenvalue weighted by molar-refractivity contribution is 5.75. The summed E-state index contributed by atoms with van der Waals surface area (Å²) in [5, 5.41) is 67.0. The molecule has 0 radical (unpaired) electrons. The van der Waals surface area contributed by atoms with Gasteiger partial charge < -0.3 is 63.2 Å². The molecule has 0 unspecified atom stereocenters. The fourth-order valence-electron chi connectivity index (χ4n) is 3.74. The van der Waals surface area contributed by atoms with Crippen molar-refractivity contribution in [3.8, 4) is 5.75 Å². The molecule has 0 bridgehead atoms. The van der Waals surface area contributed by atoms with Crippen molar-refractivity contribution in [3.05, 3.63) is 29.8 Å². The van der Waals surface area contributed by atoms with E-state index in [4.69, 9.17) is 47.2 Å². The summed E-state index contributed by atoms with van der Waals surface area (Å²) in [6, 6.07) is 3.49. The lowest BCUT2D eigenvalue weighted by Gasteiger charge is -2.05. The van der Waals surface area contributed by atoms with Crippen LogP contribution < -0.4 is 27.4 Å². The lowest BCUT2D eigenvalue weighted by Crippen LogP contribution is -2.33. The van der Waals surface area contributed by atoms with Crippen LogP contribution in [0.15, 0.2) is 24.3 Å². The maximum Gasteiger partial charge on any atom is 0.322 e. The predicted molar refractivity (Wildman–Crippen MR) is 156 cm³/mol. The molecule has 0 saturated carbocycles. The van der Waals surface area contributed by atoms with Gasteiger partial charge in [-0.05, 0) is 82.3 Å². The van der Waals surface area contributed by atoms with Gasteiger partial charge in [0.2, 0.25) is 0 Å². The number of phenolic OH excluding ortho intramolecular Hbond substituents is 1. The summed E-state index contributed by atoms with van der Waals surface area (Å²) < 4.78 is 0. The molecule has 17 nitrogen and oxygen atoms in total. The molecular weight excluding hydrogens is 586 g/mol. The number of carboxylic acid groups (broad SMARTS) is 5. The van der Waals surface area contributed by atoms with Crippen molar-refractivity contribution in [1.29, 1.82) is 0 Å². The quantitative estimate of drug-likeness (QED) is 0.151. The number of benzene rings is 1. The van der Waals surface area contributed by atoms with Gasteiger partial charge in [-0.25, -0.2) is 0 Å². The van der Waals surface area contributed by atoms with E-state index in [9.17, 15) is 24.0 Å². The van der Waals surface area contributed by atoms with Gasteiger partial charge in [-0.1, -0.05) is 12.1 Å². The van der Waals surface area contributed by atoms with E-state index in [2.05, 4.69) is 16.0 Å². The Morgan fingerprint density at radius 3 is 1.18 bits per heavy atom. The van der Waals surface area contributed by atoms with E-state index in [1.54, 1.807) is 12.1 Å². The third-order valence-electron chi connectivity index (χ3n) is 6.30. The van der Waals surface area contributed by atoms with Gasteiger partial charge in [0.1, 0.15) is 36.0 Å². The minimum Gasteiger partial charge on any atom is -0.508 e. The monoisotopic (exact) mass is 631 g/mol. The van der Waals surface area contributed by atoms with E-state index < -0.39 is 48.5 Å². The van der Waals surface area contributed by atoms with Crippen molar-refractivity contribution < 1.29 is 59.7 Å². The van der Waals surface area contributed by atoms with Gasteiger partial charge in [0.15, 0.2) is 0 Å². The number of phenols is 1. The number of aliphatic carboxylic acids is 5. The Labute approximate surface area is 254 Å². The summed E-state index contributed by atoms with van der Waals surface area (Å²) in [7, 11) is 0. The van der Waals surface area contributed by atoms with E-state index in [0.29, 0.717) is 0 Å². The normalized spacial score (nSPS) is 21.2. The Morgan fingerprint density at radius 1 is 0.659 bits per heavy atom. The van der Waals surface area contributed by atoms with Crippen LogP contribution in [-0.2, 0) is 30.4 Å². The third-order valence-corrected chi connectivity index (χ3v) is 6.30. The maximum absolute atomic E-state index is 10.4. The summed E-state index contributed by atoms with van der Waals surface area (Å²) in [4.78, 5) is 50.5. The van der Waals surface area contributed by atoms with Crippen molar-refractivity contribution in [2.75, 3.05) is 26.2 Å². The molecule has 3 fully saturated rings. The molecule has 0 aliphatic carbocycles. The highest BCUT2D eigenvalue weighted by atomic mass is 16.4. The molecule has 3 heterocycles. The maximum atomic E-state index is 10.4. The van der Waals surface area contributed by atoms with Gasteiger partial charge in [-0.15, -0.1) is 0 Å². The van der Waals surface area contributed by atoms with Crippen LogP contribution >= 0.6 is 0 Å².